The number of hydrogen-bond acceptors (Lipinski definition) is 3. The number of carbonyl (C=O) groups is 1. The first kappa shape index (κ1) is 11.0. The van der Waals surface area contributed by atoms with E-state index in [1.54, 1.807) is 16.2 Å². The minimum absolute atomic E-state index is 0.0422. The van der Waals surface area contributed by atoms with Gasteiger partial charge in [-0.3, -0.25) is 4.79 Å². The average Bonchev–Trinajstić information content (AvgIpc) is 2.94. The van der Waals surface area contributed by atoms with Gasteiger partial charge in [-0.05, 0) is 42.7 Å². The van der Waals surface area contributed by atoms with E-state index in [0.717, 1.165) is 41.7 Å². The van der Waals surface area contributed by atoms with E-state index in [2.05, 4.69) is 0 Å². The highest BCUT2D eigenvalue weighted by Gasteiger charge is 2.38. The third kappa shape index (κ3) is 1.81. The largest absolute Gasteiger partial charge is 0.369 e. The molecule has 1 aliphatic carbocycles. The Labute approximate surface area is 104 Å². The monoisotopic (exact) mass is 249 g/mol. The second kappa shape index (κ2) is 4.27. The van der Waals surface area contributed by atoms with E-state index in [9.17, 15) is 9.90 Å². The summed E-state index contributed by atoms with van der Waals surface area (Å²) in [5.74, 6) is 0.0422. The number of aliphatic hydroxyl groups excluding tert-OH is 1. The zero-order chi connectivity index (χ0) is 11.8. The van der Waals surface area contributed by atoms with Crippen molar-refractivity contribution in [1.82, 2.24) is 4.90 Å². The van der Waals surface area contributed by atoms with Gasteiger partial charge < -0.3 is 10.0 Å². The molecule has 0 aromatic carbocycles. The number of hydrogen-bond donors (Lipinski definition) is 1. The van der Waals surface area contributed by atoms with E-state index < -0.39 is 6.23 Å². The van der Waals surface area contributed by atoms with Gasteiger partial charge in [-0.25, -0.2) is 0 Å². The van der Waals surface area contributed by atoms with Crippen molar-refractivity contribution in [3.05, 3.63) is 33.5 Å². The fourth-order valence-electron chi connectivity index (χ4n) is 2.66. The highest BCUT2D eigenvalue weighted by molar-refractivity contribution is 7.09. The summed E-state index contributed by atoms with van der Waals surface area (Å²) in [6, 6.07) is 3.97. The molecular weight excluding hydrogens is 234 g/mol. The van der Waals surface area contributed by atoms with Crippen molar-refractivity contribution >= 4 is 17.2 Å². The standard InChI is InChI=1S/C13H15NO2S/c15-12-10-5-1-2-6-11(10)13(16)14(12)8-9-4-3-7-17-9/h3-4,7,12,15H,1-2,5-6,8H2. The van der Waals surface area contributed by atoms with Gasteiger partial charge in [-0.15, -0.1) is 11.3 Å². The first-order chi connectivity index (χ1) is 8.27. The second-order valence-corrected chi connectivity index (χ2v) is 5.63. The summed E-state index contributed by atoms with van der Waals surface area (Å²) in [6.45, 7) is 0.532. The van der Waals surface area contributed by atoms with Crippen LogP contribution in [0.25, 0.3) is 0 Å². The molecule has 0 bridgehead atoms. The summed E-state index contributed by atoms with van der Waals surface area (Å²) in [7, 11) is 0. The van der Waals surface area contributed by atoms with Crippen molar-refractivity contribution in [2.24, 2.45) is 0 Å². The quantitative estimate of drug-likeness (QED) is 0.873. The Kier molecular flexibility index (Phi) is 2.76. The van der Waals surface area contributed by atoms with E-state index >= 15 is 0 Å². The minimum atomic E-state index is -0.681. The van der Waals surface area contributed by atoms with Crippen molar-refractivity contribution < 1.29 is 9.90 Å². The van der Waals surface area contributed by atoms with Crippen LogP contribution in [0.5, 0.6) is 0 Å². The van der Waals surface area contributed by atoms with Crippen LogP contribution in [0, 0.1) is 0 Å². The maximum atomic E-state index is 12.2. The molecule has 2 aliphatic rings. The molecule has 1 amide bonds. The fraction of sp³-hybridized carbons (Fsp3) is 0.462. The van der Waals surface area contributed by atoms with Crippen LogP contribution in [-0.4, -0.2) is 22.1 Å². The number of rotatable bonds is 2. The molecule has 3 nitrogen and oxygen atoms in total. The third-order valence-corrected chi connectivity index (χ3v) is 4.40. The molecule has 1 aliphatic heterocycles. The molecule has 0 fully saturated rings. The molecule has 0 saturated heterocycles. The van der Waals surface area contributed by atoms with Gasteiger partial charge in [0.2, 0.25) is 0 Å². The highest BCUT2D eigenvalue weighted by Crippen LogP contribution is 2.36. The normalized spacial score (nSPS) is 24.4. The molecule has 0 spiro atoms. The molecule has 4 heteroatoms. The van der Waals surface area contributed by atoms with Crippen molar-refractivity contribution in [1.29, 1.82) is 0 Å². The van der Waals surface area contributed by atoms with Crippen molar-refractivity contribution in [3.63, 3.8) is 0 Å². The molecule has 17 heavy (non-hydrogen) atoms. The van der Waals surface area contributed by atoms with Crippen LogP contribution in [0.4, 0.5) is 0 Å². The predicted octanol–water partition coefficient (Wildman–Crippen LogP) is 2.28. The Bertz CT molecular complexity index is 464. The molecule has 3 rings (SSSR count). The van der Waals surface area contributed by atoms with Crippen LogP contribution in [0.15, 0.2) is 28.7 Å². The van der Waals surface area contributed by atoms with Gasteiger partial charge >= 0.3 is 0 Å². The van der Waals surface area contributed by atoms with Crippen LogP contribution in [-0.2, 0) is 11.3 Å². The zero-order valence-corrected chi connectivity index (χ0v) is 10.4. The van der Waals surface area contributed by atoms with E-state index in [4.69, 9.17) is 0 Å². The number of nitrogens with zero attached hydrogens (tertiary/aromatic N) is 1. The van der Waals surface area contributed by atoms with Gasteiger partial charge in [0.15, 0.2) is 6.23 Å². The summed E-state index contributed by atoms with van der Waals surface area (Å²) in [6.07, 6.45) is 3.20. The molecule has 1 N–H and O–H groups in total. The molecule has 0 saturated carbocycles. The lowest BCUT2D eigenvalue weighted by Crippen LogP contribution is -2.34. The fourth-order valence-corrected chi connectivity index (χ4v) is 3.36. The molecule has 1 aromatic rings. The Balaban J connectivity index is 1.82. The van der Waals surface area contributed by atoms with Gasteiger partial charge in [0, 0.05) is 10.5 Å². The number of thiophene rings is 1. The molecule has 1 atom stereocenters. The summed E-state index contributed by atoms with van der Waals surface area (Å²) >= 11 is 1.62. The molecular formula is C13H15NO2S. The highest BCUT2D eigenvalue weighted by atomic mass is 32.1. The zero-order valence-electron chi connectivity index (χ0n) is 9.56. The van der Waals surface area contributed by atoms with Crippen molar-refractivity contribution in [2.45, 2.75) is 38.5 Å². The third-order valence-electron chi connectivity index (χ3n) is 3.54. The van der Waals surface area contributed by atoms with Gasteiger partial charge in [-0.1, -0.05) is 6.07 Å². The van der Waals surface area contributed by atoms with Crippen molar-refractivity contribution in [3.8, 4) is 0 Å². The SMILES string of the molecule is O=C1C2=C(CCCC2)C(O)N1Cc1cccs1. The Hall–Kier alpha value is -1.13. The topological polar surface area (TPSA) is 40.5 Å². The van der Waals surface area contributed by atoms with Crippen LogP contribution >= 0.6 is 11.3 Å². The maximum absolute atomic E-state index is 12.2. The van der Waals surface area contributed by atoms with Crippen LogP contribution in [0.1, 0.15) is 30.6 Å². The van der Waals surface area contributed by atoms with Gasteiger partial charge in [-0.2, -0.15) is 0 Å². The molecule has 1 aromatic heterocycles. The first-order valence-electron chi connectivity index (χ1n) is 6.00. The molecule has 1 unspecified atom stereocenters. The summed E-state index contributed by atoms with van der Waals surface area (Å²) < 4.78 is 0. The Morgan fingerprint density at radius 2 is 2.24 bits per heavy atom. The minimum Gasteiger partial charge on any atom is -0.369 e. The molecule has 0 radical (unpaired) electrons. The Morgan fingerprint density at radius 3 is 2.94 bits per heavy atom. The number of amides is 1. The maximum Gasteiger partial charge on any atom is 0.252 e. The lowest BCUT2D eigenvalue weighted by atomic mass is 9.93. The summed E-state index contributed by atoms with van der Waals surface area (Å²) in [4.78, 5) is 14.9. The van der Waals surface area contributed by atoms with Crippen LogP contribution in [0.2, 0.25) is 0 Å². The lowest BCUT2D eigenvalue weighted by Gasteiger charge is -2.21. The second-order valence-electron chi connectivity index (χ2n) is 4.60. The van der Waals surface area contributed by atoms with E-state index in [-0.39, 0.29) is 5.91 Å². The molecule has 90 valence electrons. The van der Waals surface area contributed by atoms with Crippen LogP contribution in [0.3, 0.4) is 0 Å². The van der Waals surface area contributed by atoms with Crippen LogP contribution < -0.4 is 0 Å². The summed E-state index contributed by atoms with van der Waals surface area (Å²) in [5, 5.41) is 12.2. The van der Waals surface area contributed by atoms with E-state index in [1.165, 1.54) is 0 Å². The van der Waals surface area contributed by atoms with Crippen molar-refractivity contribution in [2.75, 3.05) is 0 Å². The van der Waals surface area contributed by atoms with E-state index in [1.807, 2.05) is 17.5 Å². The Morgan fingerprint density at radius 1 is 1.41 bits per heavy atom. The number of aliphatic hydroxyl groups is 1. The predicted molar refractivity (Wildman–Crippen MR) is 66.4 cm³/mol. The first-order valence-corrected chi connectivity index (χ1v) is 6.88. The van der Waals surface area contributed by atoms with Gasteiger partial charge in [0.1, 0.15) is 0 Å². The van der Waals surface area contributed by atoms with Gasteiger partial charge in [0.25, 0.3) is 5.91 Å². The molecule has 2 heterocycles. The lowest BCUT2D eigenvalue weighted by molar-refractivity contribution is -0.132. The number of carbonyl (C=O) groups excluding carboxylic acids is 1. The van der Waals surface area contributed by atoms with E-state index in [0.29, 0.717) is 6.54 Å². The smallest absolute Gasteiger partial charge is 0.252 e. The summed E-state index contributed by atoms with van der Waals surface area (Å²) in [5.41, 5.74) is 1.85. The van der Waals surface area contributed by atoms with Gasteiger partial charge in [0.05, 0.1) is 6.54 Å². The average molecular weight is 249 g/mol.